The average Bonchev–Trinajstić information content (AvgIpc) is 2.07. The van der Waals surface area contributed by atoms with Gasteiger partial charge in [-0.15, -0.1) is 0 Å². The summed E-state index contributed by atoms with van der Waals surface area (Å²) in [5.74, 6) is 0.516. The fourth-order valence-electron chi connectivity index (χ4n) is 1.02. The van der Waals surface area contributed by atoms with Gasteiger partial charge in [0.2, 0.25) is 5.88 Å². The maximum absolute atomic E-state index is 5.75. The van der Waals surface area contributed by atoms with Gasteiger partial charge in [0, 0.05) is 10.7 Å². The molecule has 0 fully saturated rings. The van der Waals surface area contributed by atoms with Gasteiger partial charge in [-0.2, -0.15) is 0 Å². The summed E-state index contributed by atoms with van der Waals surface area (Å²) < 4.78 is 6.37. The van der Waals surface area contributed by atoms with Crippen LogP contribution in [0.1, 0.15) is 27.2 Å². The number of aromatic nitrogens is 1. The lowest BCUT2D eigenvalue weighted by Crippen LogP contribution is -2.12. The van der Waals surface area contributed by atoms with E-state index in [1.807, 2.05) is 0 Å². The normalized spacial score (nSPS) is 11.5. The van der Waals surface area contributed by atoms with E-state index in [4.69, 9.17) is 10.5 Å². The lowest BCUT2D eigenvalue weighted by molar-refractivity contribution is 0.237. The minimum Gasteiger partial charge on any atom is -0.476 e. The fraction of sp³-hybridized carbons (Fsp3) is 0.545. The van der Waals surface area contributed by atoms with Crippen molar-refractivity contribution < 1.29 is 4.74 Å². The molecule has 1 heterocycles. The molecule has 1 rings (SSSR count). The molecule has 15 heavy (non-hydrogen) atoms. The molecular weight excluding hydrogens is 256 g/mol. The number of nitrogen functional groups attached to an aromatic ring is 1. The Labute approximate surface area is 99.2 Å². The highest BCUT2D eigenvalue weighted by Gasteiger charge is 2.11. The molecule has 1 aromatic rings. The number of halogens is 1. The van der Waals surface area contributed by atoms with Gasteiger partial charge in [0.1, 0.15) is 0 Å². The van der Waals surface area contributed by atoms with Crippen LogP contribution in [0.4, 0.5) is 5.69 Å². The summed E-state index contributed by atoms with van der Waals surface area (Å²) in [7, 11) is 0. The van der Waals surface area contributed by atoms with Gasteiger partial charge >= 0.3 is 0 Å². The van der Waals surface area contributed by atoms with Crippen molar-refractivity contribution in [3.05, 3.63) is 16.7 Å². The summed E-state index contributed by atoms with van der Waals surface area (Å²) in [6.45, 7) is 7.17. The van der Waals surface area contributed by atoms with Crippen LogP contribution in [0.3, 0.4) is 0 Å². The molecular formula is C11H17BrN2O. The number of hydrogen-bond donors (Lipinski definition) is 1. The molecule has 0 saturated heterocycles. The molecule has 3 nitrogen and oxygen atoms in total. The van der Waals surface area contributed by atoms with Gasteiger partial charge in [-0.05, 0) is 33.8 Å². The molecule has 1 aromatic heterocycles. The molecule has 0 aromatic carbocycles. The third-order valence-electron chi connectivity index (χ3n) is 1.94. The maximum Gasteiger partial charge on any atom is 0.237 e. The molecule has 84 valence electrons. The Bertz CT molecular complexity index is 334. The molecule has 4 heteroatoms. The van der Waals surface area contributed by atoms with Crippen molar-refractivity contribution in [2.24, 2.45) is 5.41 Å². The summed E-state index contributed by atoms with van der Waals surface area (Å²) in [5.41, 5.74) is 6.59. The second-order valence-corrected chi connectivity index (χ2v) is 5.62. The van der Waals surface area contributed by atoms with Crippen LogP contribution >= 0.6 is 15.9 Å². The predicted octanol–water partition coefficient (Wildman–Crippen LogP) is 3.24. The van der Waals surface area contributed by atoms with Crippen LogP contribution < -0.4 is 10.5 Å². The Hall–Kier alpha value is -0.770. The Kier molecular flexibility index (Phi) is 3.97. The summed E-state index contributed by atoms with van der Waals surface area (Å²) in [6.07, 6.45) is 2.66. The lowest BCUT2D eigenvalue weighted by Gasteiger charge is -2.18. The van der Waals surface area contributed by atoms with E-state index in [0.29, 0.717) is 18.2 Å². The van der Waals surface area contributed by atoms with Crippen LogP contribution in [0.15, 0.2) is 16.7 Å². The number of nitrogens with zero attached hydrogens (tertiary/aromatic N) is 1. The standard InChI is InChI=1S/C11H17BrN2O/c1-11(2,3)4-5-15-10-9(13)6-8(12)7-14-10/h6-7H,4-5,13H2,1-3H3. The SMILES string of the molecule is CC(C)(C)CCOc1ncc(Br)cc1N. The number of hydrogen-bond acceptors (Lipinski definition) is 3. The second-order valence-electron chi connectivity index (χ2n) is 4.71. The van der Waals surface area contributed by atoms with E-state index in [2.05, 4.69) is 41.7 Å². The van der Waals surface area contributed by atoms with E-state index >= 15 is 0 Å². The number of ether oxygens (including phenoxy) is 1. The number of anilines is 1. The minimum atomic E-state index is 0.268. The molecule has 2 N–H and O–H groups in total. The van der Waals surface area contributed by atoms with E-state index in [1.54, 1.807) is 12.3 Å². The first-order valence-electron chi connectivity index (χ1n) is 4.92. The smallest absolute Gasteiger partial charge is 0.237 e. The predicted molar refractivity (Wildman–Crippen MR) is 65.9 cm³/mol. The van der Waals surface area contributed by atoms with Crippen LogP contribution in [0, 0.1) is 5.41 Å². The number of pyridine rings is 1. The monoisotopic (exact) mass is 272 g/mol. The van der Waals surface area contributed by atoms with E-state index in [1.165, 1.54) is 0 Å². The summed E-state index contributed by atoms with van der Waals surface area (Å²) >= 11 is 3.30. The van der Waals surface area contributed by atoms with E-state index in [-0.39, 0.29) is 5.41 Å². The van der Waals surface area contributed by atoms with Crippen molar-refractivity contribution in [3.8, 4) is 5.88 Å². The van der Waals surface area contributed by atoms with Crippen molar-refractivity contribution in [1.82, 2.24) is 4.98 Å². The van der Waals surface area contributed by atoms with Gasteiger partial charge < -0.3 is 10.5 Å². The third-order valence-corrected chi connectivity index (χ3v) is 2.37. The number of rotatable bonds is 3. The van der Waals surface area contributed by atoms with Crippen LogP contribution in [0.5, 0.6) is 5.88 Å². The minimum absolute atomic E-state index is 0.268. The molecule has 0 aliphatic heterocycles. The molecule has 0 radical (unpaired) electrons. The van der Waals surface area contributed by atoms with Crippen LogP contribution in [-0.4, -0.2) is 11.6 Å². The highest BCUT2D eigenvalue weighted by atomic mass is 79.9. The van der Waals surface area contributed by atoms with Gasteiger partial charge in [-0.25, -0.2) is 4.98 Å². The van der Waals surface area contributed by atoms with E-state index in [0.717, 1.165) is 10.9 Å². The average molecular weight is 273 g/mol. The molecule has 0 bridgehead atoms. The first kappa shape index (κ1) is 12.3. The number of nitrogens with two attached hydrogens (primary N) is 1. The third kappa shape index (κ3) is 4.51. The first-order chi connectivity index (χ1) is 6.88. The molecule has 0 aliphatic rings. The highest BCUT2D eigenvalue weighted by molar-refractivity contribution is 9.10. The second kappa shape index (κ2) is 4.84. The fourth-order valence-corrected chi connectivity index (χ4v) is 1.37. The van der Waals surface area contributed by atoms with Gasteiger partial charge in [-0.3, -0.25) is 0 Å². The van der Waals surface area contributed by atoms with Crippen molar-refractivity contribution >= 4 is 21.6 Å². The Balaban J connectivity index is 2.51. The van der Waals surface area contributed by atoms with Crippen molar-refractivity contribution in [2.75, 3.05) is 12.3 Å². The van der Waals surface area contributed by atoms with Gasteiger partial charge in [0.25, 0.3) is 0 Å². The zero-order valence-electron chi connectivity index (χ0n) is 9.38. The lowest BCUT2D eigenvalue weighted by atomic mass is 9.93. The summed E-state index contributed by atoms with van der Waals surface area (Å²) in [4.78, 5) is 4.10. The van der Waals surface area contributed by atoms with Crippen LogP contribution in [-0.2, 0) is 0 Å². The van der Waals surface area contributed by atoms with Gasteiger partial charge in [-0.1, -0.05) is 20.8 Å². The topological polar surface area (TPSA) is 48.1 Å². The van der Waals surface area contributed by atoms with Crippen LogP contribution in [0.2, 0.25) is 0 Å². The first-order valence-corrected chi connectivity index (χ1v) is 5.71. The van der Waals surface area contributed by atoms with Gasteiger partial charge in [0.05, 0.1) is 12.3 Å². The molecule has 0 amide bonds. The van der Waals surface area contributed by atoms with Crippen molar-refractivity contribution in [2.45, 2.75) is 27.2 Å². The van der Waals surface area contributed by atoms with Crippen molar-refractivity contribution in [1.29, 1.82) is 0 Å². The largest absolute Gasteiger partial charge is 0.476 e. The zero-order chi connectivity index (χ0) is 11.5. The van der Waals surface area contributed by atoms with Gasteiger partial charge in [0.15, 0.2) is 0 Å². The Morgan fingerprint density at radius 3 is 2.67 bits per heavy atom. The zero-order valence-corrected chi connectivity index (χ0v) is 11.0. The molecule has 0 spiro atoms. The summed E-state index contributed by atoms with van der Waals surface area (Å²) in [6, 6.07) is 1.79. The molecule has 0 unspecified atom stereocenters. The Morgan fingerprint density at radius 1 is 1.47 bits per heavy atom. The van der Waals surface area contributed by atoms with E-state index < -0.39 is 0 Å². The molecule has 0 atom stereocenters. The van der Waals surface area contributed by atoms with Crippen LogP contribution in [0.25, 0.3) is 0 Å². The molecule has 0 saturated carbocycles. The quantitative estimate of drug-likeness (QED) is 0.919. The maximum atomic E-state index is 5.75. The summed E-state index contributed by atoms with van der Waals surface area (Å²) in [5, 5.41) is 0. The highest BCUT2D eigenvalue weighted by Crippen LogP contribution is 2.23. The van der Waals surface area contributed by atoms with Crippen molar-refractivity contribution in [3.63, 3.8) is 0 Å². The molecule has 0 aliphatic carbocycles. The Morgan fingerprint density at radius 2 is 2.13 bits per heavy atom. The van der Waals surface area contributed by atoms with E-state index in [9.17, 15) is 0 Å².